The largest absolute Gasteiger partial charge is 0.326 e. The number of nitrogens with two attached hydrogens (primary N) is 1. The summed E-state index contributed by atoms with van der Waals surface area (Å²) in [6.07, 6.45) is 0. The fourth-order valence-electron chi connectivity index (χ4n) is 1.58. The van der Waals surface area contributed by atoms with Crippen LogP contribution in [0.2, 0.25) is 0 Å². The summed E-state index contributed by atoms with van der Waals surface area (Å²) in [7, 11) is 0. The highest BCUT2D eigenvalue weighted by atomic mass is 32.1. The van der Waals surface area contributed by atoms with Crippen molar-refractivity contribution in [3.8, 4) is 10.4 Å². The maximum absolute atomic E-state index is 5.58. The minimum atomic E-state index is 0.614. The van der Waals surface area contributed by atoms with Gasteiger partial charge in [-0.15, -0.1) is 11.3 Å². The second-order valence-corrected chi connectivity index (χ2v) is 4.65. The molecule has 1 aromatic heterocycles. The van der Waals surface area contributed by atoms with Gasteiger partial charge in [-0.1, -0.05) is 24.3 Å². The van der Waals surface area contributed by atoms with E-state index in [1.807, 2.05) is 11.3 Å². The molecule has 2 heteroatoms. The van der Waals surface area contributed by atoms with Gasteiger partial charge in [-0.3, -0.25) is 0 Å². The van der Waals surface area contributed by atoms with Gasteiger partial charge in [0.05, 0.1) is 0 Å². The Labute approximate surface area is 94.6 Å². The maximum Gasteiger partial charge on any atom is 0.0374 e. The zero-order chi connectivity index (χ0) is 10.8. The summed E-state index contributed by atoms with van der Waals surface area (Å²) in [5.74, 6) is 0. The zero-order valence-electron chi connectivity index (χ0n) is 9.08. The highest BCUT2D eigenvalue weighted by Gasteiger charge is 2.05. The van der Waals surface area contributed by atoms with E-state index >= 15 is 0 Å². The van der Waals surface area contributed by atoms with Crippen molar-refractivity contribution in [1.29, 1.82) is 0 Å². The van der Waals surface area contributed by atoms with Crippen LogP contribution in [0.1, 0.15) is 16.7 Å². The Morgan fingerprint density at radius 1 is 1.13 bits per heavy atom. The maximum atomic E-state index is 5.58. The molecule has 78 valence electrons. The van der Waals surface area contributed by atoms with Crippen molar-refractivity contribution in [2.45, 2.75) is 20.4 Å². The molecule has 0 saturated carbocycles. The fraction of sp³-hybridized carbons (Fsp3) is 0.231. The molecule has 15 heavy (non-hydrogen) atoms. The Morgan fingerprint density at radius 3 is 2.27 bits per heavy atom. The lowest BCUT2D eigenvalue weighted by Crippen LogP contribution is -1.95. The van der Waals surface area contributed by atoms with E-state index in [1.165, 1.54) is 27.1 Å². The number of rotatable bonds is 2. The van der Waals surface area contributed by atoms with Gasteiger partial charge in [-0.2, -0.15) is 0 Å². The lowest BCUT2D eigenvalue weighted by atomic mass is 10.1. The van der Waals surface area contributed by atoms with Crippen molar-refractivity contribution in [2.24, 2.45) is 5.73 Å². The van der Waals surface area contributed by atoms with Crippen LogP contribution in [0.3, 0.4) is 0 Å². The molecule has 0 fully saturated rings. The summed E-state index contributed by atoms with van der Waals surface area (Å²) in [5.41, 5.74) is 10.8. The van der Waals surface area contributed by atoms with E-state index in [4.69, 9.17) is 5.73 Å². The van der Waals surface area contributed by atoms with Crippen molar-refractivity contribution in [3.05, 3.63) is 46.3 Å². The topological polar surface area (TPSA) is 26.0 Å². The van der Waals surface area contributed by atoms with Gasteiger partial charge in [0.1, 0.15) is 0 Å². The first-order valence-electron chi connectivity index (χ1n) is 5.06. The van der Waals surface area contributed by atoms with Gasteiger partial charge < -0.3 is 5.73 Å². The molecule has 2 rings (SSSR count). The summed E-state index contributed by atoms with van der Waals surface area (Å²) in [5, 5.41) is 2.21. The van der Waals surface area contributed by atoms with Crippen LogP contribution in [0.5, 0.6) is 0 Å². The quantitative estimate of drug-likeness (QED) is 0.818. The second-order valence-electron chi connectivity index (χ2n) is 3.77. The van der Waals surface area contributed by atoms with Crippen LogP contribution < -0.4 is 5.73 Å². The Hall–Kier alpha value is -1.12. The van der Waals surface area contributed by atoms with Gasteiger partial charge in [-0.05, 0) is 41.5 Å². The van der Waals surface area contributed by atoms with Crippen molar-refractivity contribution in [1.82, 2.24) is 0 Å². The van der Waals surface area contributed by atoms with Crippen LogP contribution in [0.25, 0.3) is 10.4 Å². The number of hydrogen-bond acceptors (Lipinski definition) is 2. The summed E-state index contributed by atoms with van der Waals surface area (Å²) in [4.78, 5) is 1.37. The minimum absolute atomic E-state index is 0.614. The molecule has 0 aliphatic heterocycles. The molecule has 0 bridgehead atoms. The first kappa shape index (κ1) is 10.4. The van der Waals surface area contributed by atoms with E-state index in [0.29, 0.717) is 6.54 Å². The second kappa shape index (κ2) is 4.17. The van der Waals surface area contributed by atoms with Crippen LogP contribution in [0, 0.1) is 13.8 Å². The van der Waals surface area contributed by atoms with E-state index in [2.05, 4.69) is 43.5 Å². The SMILES string of the molecule is Cc1csc(-c2ccc(CN)cc2)c1C. The molecular weight excluding hydrogens is 202 g/mol. The van der Waals surface area contributed by atoms with Crippen molar-refractivity contribution in [3.63, 3.8) is 0 Å². The standard InChI is InChI=1S/C13H15NS/c1-9-8-15-13(10(9)2)12-5-3-11(7-14)4-6-12/h3-6,8H,7,14H2,1-2H3. The first-order chi connectivity index (χ1) is 7.22. The molecule has 0 aliphatic carbocycles. The third kappa shape index (κ3) is 1.96. The van der Waals surface area contributed by atoms with Gasteiger partial charge in [0.2, 0.25) is 0 Å². The third-order valence-corrected chi connectivity index (χ3v) is 3.99. The van der Waals surface area contributed by atoms with Crippen molar-refractivity contribution < 1.29 is 0 Å². The summed E-state index contributed by atoms with van der Waals surface area (Å²) < 4.78 is 0. The van der Waals surface area contributed by atoms with Crippen molar-refractivity contribution in [2.75, 3.05) is 0 Å². The molecule has 1 aromatic carbocycles. The van der Waals surface area contributed by atoms with E-state index in [0.717, 1.165) is 0 Å². The molecule has 2 N–H and O–H groups in total. The molecular formula is C13H15NS. The number of thiophene rings is 1. The van der Waals surface area contributed by atoms with Gasteiger partial charge >= 0.3 is 0 Å². The van der Waals surface area contributed by atoms with Gasteiger partial charge in [0, 0.05) is 11.4 Å². The Kier molecular flexibility index (Phi) is 2.89. The first-order valence-corrected chi connectivity index (χ1v) is 5.94. The molecule has 0 spiro atoms. The predicted molar refractivity (Wildman–Crippen MR) is 67.1 cm³/mol. The molecule has 0 amide bonds. The molecule has 1 heterocycles. The van der Waals surface area contributed by atoms with Gasteiger partial charge in [0.15, 0.2) is 0 Å². The monoisotopic (exact) mass is 217 g/mol. The molecule has 0 radical (unpaired) electrons. The van der Waals surface area contributed by atoms with Crippen LogP contribution in [0.15, 0.2) is 29.6 Å². The lowest BCUT2D eigenvalue weighted by molar-refractivity contribution is 1.07. The Bertz CT molecular complexity index is 454. The van der Waals surface area contributed by atoms with Crippen LogP contribution >= 0.6 is 11.3 Å². The van der Waals surface area contributed by atoms with Crippen LogP contribution in [-0.2, 0) is 6.54 Å². The van der Waals surface area contributed by atoms with E-state index in [1.54, 1.807) is 0 Å². The predicted octanol–water partition coefficient (Wildman–Crippen LogP) is 3.49. The normalized spacial score (nSPS) is 10.6. The van der Waals surface area contributed by atoms with E-state index in [-0.39, 0.29) is 0 Å². The highest BCUT2D eigenvalue weighted by Crippen LogP contribution is 2.31. The summed E-state index contributed by atoms with van der Waals surface area (Å²) in [6, 6.07) is 8.51. The average molecular weight is 217 g/mol. The molecule has 0 aliphatic rings. The third-order valence-electron chi connectivity index (χ3n) is 2.74. The molecule has 1 nitrogen and oxygen atoms in total. The molecule has 0 saturated heterocycles. The van der Waals surface area contributed by atoms with Crippen LogP contribution in [-0.4, -0.2) is 0 Å². The van der Waals surface area contributed by atoms with Crippen molar-refractivity contribution >= 4 is 11.3 Å². The fourth-order valence-corrected chi connectivity index (χ4v) is 2.66. The van der Waals surface area contributed by atoms with E-state index < -0.39 is 0 Å². The number of hydrogen-bond donors (Lipinski definition) is 1. The van der Waals surface area contributed by atoms with Crippen LogP contribution in [0.4, 0.5) is 0 Å². The Balaban J connectivity index is 2.41. The average Bonchev–Trinajstić information content (AvgIpc) is 2.60. The highest BCUT2D eigenvalue weighted by molar-refractivity contribution is 7.13. The Morgan fingerprint density at radius 2 is 1.80 bits per heavy atom. The number of benzene rings is 1. The van der Waals surface area contributed by atoms with Gasteiger partial charge in [0.25, 0.3) is 0 Å². The minimum Gasteiger partial charge on any atom is -0.326 e. The lowest BCUT2D eigenvalue weighted by Gasteiger charge is -2.02. The van der Waals surface area contributed by atoms with Gasteiger partial charge in [-0.25, -0.2) is 0 Å². The zero-order valence-corrected chi connectivity index (χ0v) is 9.90. The summed E-state index contributed by atoms with van der Waals surface area (Å²) in [6.45, 7) is 4.95. The smallest absolute Gasteiger partial charge is 0.0374 e. The van der Waals surface area contributed by atoms with E-state index in [9.17, 15) is 0 Å². The summed E-state index contributed by atoms with van der Waals surface area (Å²) >= 11 is 1.81. The molecule has 0 atom stereocenters. The number of aryl methyl sites for hydroxylation is 1. The molecule has 2 aromatic rings. The molecule has 0 unspecified atom stereocenters.